The molecule has 13 heavy (non-hydrogen) atoms. The average molecular weight is 201 g/mol. The molecule has 0 radical (unpaired) electrons. The minimum Gasteiger partial charge on any atom is -0.399 e. The van der Waals surface area contributed by atoms with Crippen molar-refractivity contribution in [1.29, 1.82) is 0 Å². The summed E-state index contributed by atoms with van der Waals surface area (Å²) < 4.78 is 30.5. The van der Waals surface area contributed by atoms with Gasteiger partial charge in [0.1, 0.15) is 0 Å². The molecule has 1 rings (SSSR count). The zero-order valence-corrected chi connectivity index (χ0v) is 8.22. The number of rotatable bonds is 1. The first-order valence-electron chi connectivity index (χ1n) is 3.67. The van der Waals surface area contributed by atoms with E-state index in [-0.39, 0.29) is 4.90 Å². The molecule has 5 heteroatoms. The molecular weight excluding hydrogens is 190 g/mol. The van der Waals surface area contributed by atoms with Gasteiger partial charge in [-0.05, 0) is 37.1 Å². The van der Waals surface area contributed by atoms with E-state index in [1.807, 2.05) is 0 Å². The van der Waals surface area contributed by atoms with E-state index < -0.39 is 10.1 Å². The van der Waals surface area contributed by atoms with Gasteiger partial charge in [0.25, 0.3) is 10.1 Å². The number of benzene rings is 1. The molecule has 0 spiro atoms. The number of anilines is 1. The van der Waals surface area contributed by atoms with Crippen molar-refractivity contribution in [1.82, 2.24) is 0 Å². The Balaban J connectivity index is 3.53. The van der Waals surface area contributed by atoms with E-state index in [2.05, 4.69) is 0 Å². The Hall–Kier alpha value is -1.07. The van der Waals surface area contributed by atoms with Crippen LogP contribution in [0, 0.1) is 13.8 Å². The molecule has 0 fully saturated rings. The molecule has 0 aliphatic rings. The molecule has 4 nitrogen and oxygen atoms in total. The van der Waals surface area contributed by atoms with Gasteiger partial charge in [-0.25, -0.2) is 0 Å². The minimum absolute atomic E-state index is 0.0841. The Labute approximate surface area is 77.1 Å². The van der Waals surface area contributed by atoms with Crippen LogP contribution in [0.25, 0.3) is 0 Å². The molecule has 0 heterocycles. The van der Waals surface area contributed by atoms with Gasteiger partial charge in [-0.15, -0.1) is 0 Å². The maximum absolute atomic E-state index is 10.8. The van der Waals surface area contributed by atoms with E-state index in [4.69, 9.17) is 10.3 Å². The quantitative estimate of drug-likeness (QED) is 0.527. The lowest BCUT2D eigenvalue weighted by molar-refractivity contribution is 0.482. The van der Waals surface area contributed by atoms with Crippen LogP contribution in [0.4, 0.5) is 5.69 Å². The van der Waals surface area contributed by atoms with Crippen LogP contribution in [-0.2, 0) is 10.1 Å². The summed E-state index contributed by atoms with van der Waals surface area (Å²) in [4.78, 5) is -0.0841. The van der Waals surface area contributed by atoms with Crippen molar-refractivity contribution in [2.75, 3.05) is 5.73 Å². The topological polar surface area (TPSA) is 80.4 Å². The van der Waals surface area contributed by atoms with E-state index in [9.17, 15) is 8.42 Å². The van der Waals surface area contributed by atoms with Gasteiger partial charge in [-0.2, -0.15) is 8.42 Å². The van der Waals surface area contributed by atoms with Crippen LogP contribution in [0.15, 0.2) is 17.0 Å². The first-order chi connectivity index (χ1) is 5.84. The zero-order valence-electron chi connectivity index (χ0n) is 7.40. The second-order valence-electron chi connectivity index (χ2n) is 2.88. The third-order valence-electron chi connectivity index (χ3n) is 2.06. The fourth-order valence-corrected chi connectivity index (χ4v) is 1.88. The Morgan fingerprint density at radius 3 is 2.23 bits per heavy atom. The molecule has 0 aliphatic heterocycles. The van der Waals surface area contributed by atoms with Crippen molar-refractivity contribution in [3.63, 3.8) is 0 Å². The summed E-state index contributed by atoms with van der Waals surface area (Å²) in [6, 6.07) is 2.76. The van der Waals surface area contributed by atoms with Gasteiger partial charge in [0, 0.05) is 5.69 Å². The Bertz CT molecular complexity index is 437. The zero-order chi connectivity index (χ0) is 10.2. The molecule has 0 atom stereocenters. The first-order valence-corrected chi connectivity index (χ1v) is 5.11. The second kappa shape index (κ2) is 3.01. The fourth-order valence-electron chi connectivity index (χ4n) is 1.10. The standard InChI is InChI=1S/C8H11NO3S/c1-5-6(2)8(13(10,11)12)4-3-7(5)9/h3-4H,9H2,1-2H3,(H,10,11,12). The van der Waals surface area contributed by atoms with Crippen LogP contribution in [0.1, 0.15) is 11.1 Å². The molecule has 0 aromatic heterocycles. The lowest BCUT2D eigenvalue weighted by atomic mass is 10.1. The molecule has 0 saturated carbocycles. The largest absolute Gasteiger partial charge is 0.399 e. The number of nitrogens with two attached hydrogens (primary N) is 1. The van der Waals surface area contributed by atoms with Crippen molar-refractivity contribution < 1.29 is 13.0 Å². The summed E-state index contributed by atoms with van der Waals surface area (Å²) >= 11 is 0. The van der Waals surface area contributed by atoms with E-state index in [1.165, 1.54) is 12.1 Å². The molecule has 0 bridgehead atoms. The van der Waals surface area contributed by atoms with Crippen molar-refractivity contribution in [3.05, 3.63) is 23.3 Å². The fraction of sp³-hybridized carbons (Fsp3) is 0.250. The smallest absolute Gasteiger partial charge is 0.294 e. The van der Waals surface area contributed by atoms with Crippen LogP contribution in [0.3, 0.4) is 0 Å². The molecule has 0 unspecified atom stereocenters. The minimum atomic E-state index is -4.13. The number of hydrogen-bond donors (Lipinski definition) is 2. The van der Waals surface area contributed by atoms with E-state index in [0.29, 0.717) is 16.8 Å². The summed E-state index contributed by atoms with van der Waals surface area (Å²) in [6.07, 6.45) is 0. The third kappa shape index (κ3) is 1.81. The average Bonchev–Trinajstić information content (AvgIpc) is 1.98. The maximum atomic E-state index is 10.8. The van der Waals surface area contributed by atoms with Crippen molar-refractivity contribution in [2.45, 2.75) is 18.7 Å². The summed E-state index contributed by atoms with van der Waals surface area (Å²) in [5.41, 5.74) is 7.24. The van der Waals surface area contributed by atoms with Crippen molar-refractivity contribution in [3.8, 4) is 0 Å². The molecule has 1 aromatic rings. The van der Waals surface area contributed by atoms with Gasteiger partial charge in [0.2, 0.25) is 0 Å². The Morgan fingerprint density at radius 2 is 1.77 bits per heavy atom. The van der Waals surface area contributed by atoms with Gasteiger partial charge in [0.05, 0.1) is 4.90 Å². The lowest BCUT2D eigenvalue weighted by Crippen LogP contribution is -2.03. The molecule has 1 aromatic carbocycles. The predicted molar refractivity (Wildman–Crippen MR) is 50.1 cm³/mol. The van der Waals surface area contributed by atoms with Crippen molar-refractivity contribution in [2.24, 2.45) is 0 Å². The molecule has 0 saturated heterocycles. The third-order valence-corrected chi connectivity index (χ3v) is 3.06. The Kier molecular flexibility index (Phi) is 2.32. The van der Waals surface area contributed by atoms with Gasteiger partial charge in [0.15, 0.2) is 0 Å². The Morgan fingerprint density at radius 1 is 1.23 bits per heavy atom. The second-order valence-corrected chi connectivity index (χ2v) is 4.27. The summed E-state index contributed by atoms with van der Waals surface area (Å²) in [5, 5.41) is 0. The van der Waals surface area contributed by atoms with Crippen molar-refractivity contribution >= 4 is 15.8 Å². The summed E-state index contributed by atoms with van der Waals surface area (Å²) in [7, 11) is -4.13. The highest BCUT2D eigenvalue weighted by Crippen LogP contribution is 2.22. The van der Waals surface area contributed by atoms with Gasteiger partial charge in [-0.1, -0.05) is 0 Å². The van der Waals surface area contributed by atoms with E-state index >= 15 is 0 Å². The van der Waals surface area contributed by atoms with Crippen LogP contribution < -0.4 is 5.73 Å². The summed E-state index contributed by atoms with van der Waals surface area (Å²) in [6.45, 7) is 3.31. The van der Waals surface area contributed by atoms with Crippen LogP contribution >= 0.6 is 0 Å². The van der Waals surface area contributed by atoms with E-state index in [0.717, 1.165) is 0 Å². The van der Waals surface area contributed by atoms with Crippen LogP contribution in [0.2, 0.25) is 0 Å². The van der Waals surface area contributed by atoms with Gasteiger partial charge in [-0.3, -0.25) is 4.55 Å². The van der Waals surface area contributed by atoms with Crippen LogP contribution in [0.5, 0.6) is 0 Å². The number of nitrogen functional groups attached to an aromatic ring is 1. The molecule has 0 amide bonds. The monoisotopic (exact) mass is 201 g/mol. The molecule has 72 valence electrons. The SMILES string of the molecule is Cc1c(N)ccc(S(=O)(=O)O)c1C. The van der Waals surface area contributed by atoms with Gasteiger partial charge >= 0.3 is 0 Å². The number of hydrogen-bond acceptors (Lipinski definition) is 3. The normalized spacial score (nSPS) is 11.6. The van der Waals surface area contributed by atoms with Gasteiger partial charge < -0.3 is 5.73 Å². The molecule has 0 aliphatic carbocycles. The predicted octanol–water partition coefficient (Wildman–Crippen LogP) is 1.13. The lowest BCUT2D eigenvalue weighted by Gasteiger charge is -2.07. The summed E-state index contributed by atoms with van der Waals surface area (Å²) in [5.74, 6) is 0. The maximum Gasteiger partial charge on any atom is 0.294 e. The first kappa shape index (κ1) is 10.0. The van der Waals surface area contributed by atoms with E-state index in [1.54, 1.807) is 13.8 Å². The highest BCUT2D eigenvalue weighted by Gasteiger charge is 2.14. The molecular formula is C8H11NO3S. The van der Waals surface area contributed by atoms with Crippen LogP contribution in [-0.4, -0.2) is 13.0 Å². The highest BCUT2D eigenvalue weighted by molar-refractivity contribution is 7.85. The highest BCUT2D eigenvalue weighted by atomic mass is 32.2. The molecule has 3 N–H and O–H groups in total.